The number of hydrogen-bond donors (Lipinski definition) is 0. The van der Waals surface area contributed by atoms with Crippen molar-refractivity contribution in [3.05, 3.63) is 11.4 Å². The lowest BCUT2D eigenvalue weighted by Gasteiger charge is -2.23. The third-order valence-corrected chi connectivity index (χ3v) is 2.55. The molecule has 0 saturated carbocycles. The molecule has 1 rings (SSSR count). The van der Waals surface area contributed by atoms with Crippen LogP contribution in [-0.2, 0) is 18.4 Å². The summed E-state index contributed by atoms with van der Waals surface area (Å²) in [4.78, 5) is 0. The van der Waals surface area contributed by atoms with Crippen molar-refractivity contribution in [2.45, 2.75) is 66.8 Å². The highest BCUT2D eigenvalue weighted by atomic mass is 15.4. The minimum Gasteiger partial charge on any atom is -0.249 e. The molecule has 3 nitrogen and oxygen atoms in total. The molecule has 1 aromatic heterocycles. The zero-order valence-electron chi connectivity index (χ0n) is 11.8. The van der Waals surface area contributed by atoms with Gasteiger partial charge in [-0.2, -0.15) is 0 Å². The second kappa shape index (κ2) is 4.19. The van der Waals surface area contributed by atoms with Gasteiger partial charge in [0.2, 0.25) is 0 Å². The van der Waals surface area contributed by atoms with Crippen LogP contribution in [-0.4, -0.2) is 15.0 Å². The molecule has 92 valence electrons. The molecule has 0 unspecified atom stereocenters. The van der Waals surface area contributed by atoms with Crippen LogP contribution in [0.25, 0.3) is 0 Å². The Kier molecular flexibility index (Phi) is 3.46. The van der Waals surface area contributed by atoms with Crippen LogP contribution in [0.4, 0.5) is 0 Å². The zero-order chi connectivity index (χ0) is 12.6. The van der Waals surface area contributed by atoms with Crippen LogP contribution in [0.15, 0.2) is 0 Å². The molecular formula is C13H25N3. The molecule has 0 aliphatic heterocycles. The number of rotatable bonds is 2. The molecule has 0 bridgehead atoms. The number of aryl methyl sites for hydroxylation is 1. The van der Waals surface area contributed by atoms with Gasteiger partial charge in [0, 0.05) is 12.0 Å². The average molecular weight is 223 g/mol. The second-order valence-electron chi connectivity index (χ2n) is 6.69. The van der Waals surface area contributed by atoms with E-state index in [2.05, 4.69) is 58.8 Å². The lowest BCUT2D eigenvalue weighted by molar-refractivity contribution is 0.388. The van der Waals surface area contributed by atoms with Crippen LogP contribution in [0.1, 0.15) is 59.9 Å². The Morgan fingerprint density at radius 3 is 2.00 bits per heavy atom. The van der Waals surface area contributed by atoms with Gasteiger partial charge in [-0.05, 0) is 18.8 Å². The maximum absolute atomic E-state index is 4.36. The van der Waals surface area contributed by atoms with Crippen LogP contribution in [0.5, 0.6) is 0 Å². The topological polar surface area (TPSA) is 30.7 Å². The van der Waals surface area contributed by atoms with Gasteiger partial charge in [-0.1, -0.05) is 46.8 Å². The van der Waals surface area contributed by atoms with E-state index in [4.69, 9.17) is 0 Å². The summed E-state index contributed by atoms with van der Waals surface area (Å²) in [5.74, 6) is 0. The highest BCUT2D eigenvalue weighted by Gasteiger charge is 2.26. The number of hydrogen-bond acceptors (Lipinski definition) is 2. The van der Waals surface area contributed by atoms with Gasteiger partial charge in [-0.3, -0.25) is 0 Å². The Labute approximate surface area is 99.2 Å². The molecule has 0 fully saturated rings. The summed E-state index contributed by atoms with van der Waals surface area (Å²) in [6.45, 7) is 16.4. The smallest absolute Gasteiger partial charge is 0.0912 e. The van der Waals surface area contributed by atoms with E-state index < -0.39 is 0 Å². The molecule has 0 spiro atoms. The molecule has 1 aromatic rings. The molecule has 0 N–H and O–H groups in total. The highest BCUT2D eigenvalue weighted by Crippen LogP contribution is 2.28. The maximum Gasteiger partial charge on any atom is 0.0912 e. The predicted octanol–water partition coefficient (Wildman–Crippen LogP) is 3.18. The summed E-state index contributed by atoms with van der Waals surface area (Å²) in [6.07, 6.45) is 1.03. The Bertz CT molecular complexity index is 350. The van der Waals surface area contributed by atoms with E-state index in [9.17, 15) is 0 Å². The molecule has 0 aromatic carbocycles. The Morgan fingerprint density at radius 1 is 1.06 bits per heavy atom. The molecule has 0 amide bonds. The third-order valence-electron chi connectivity index (χ3n) is 2.55. The normalized spacial score (nSPS) is 13.2. The molecule has 0 aliphatic rings. The molecule has 16 heavy (non-hydrogen) atoms. The Morgan fingerprint density at radius 2 is 1.62 bits per heavy atom. The largest absolute Gasteiger partial charge is 0.249 e. The van der Waals surface area contributed by atoms with Crippen molar-refractivity contribution in [3.8, 4) is 0 Å². The quantitative estimate of drug-likeness (QED) is 0.771. The number of nitrogens with zero attached hydrogens (tertiary/aromatic N) is 3. The first-order valence-electron chi connectivity index (χ1n) is 6.08. The van der Waals surface area contributed by atoms with Crippen LogP contribution in [0.2, 0.25) is 0 Å². The summed E-state index contributed by atoms with van der Waals surface area (Å²) >= 11 is 0. The van der Waals surface area contributed by atoms with Crippen molar-refractivity contribution in [2.24, 2.45) is 5.41 Å². The summed E-state index contributed by atoms with van der Waals surface area (Å²) in [7, 11) is 0. The molecule has 0 saturated heterocycles. The van der Waals surface area contributed by atoms with Crippen molar-refractivity contribution in [1.29, 1.82) is 0 Å². The van der Waals surface area contributed by atoms with E-state index in [0.29, 0.717) is 0 Å². The fourth-order valence-corrected chi connectivity index (χ4v) is 1.85. The van der Waals surface area contributed by atoms with E-state index in [1.807, 2.05) is 4.68 Å². The van der Waals surface area contributed by atoms with Gasteiger partial charge in [0.25, 0.3) is 0 Å². The fraction of sp³-hybridized carbons (Fsp3) is 0.846. The van der Waals surface area contributed by atoms with Crippen LogP contribution >= 0.6 is 0 Å². The van der Waals surface area contributed by atoms with Crippen LogP contribution < -0.4 is 0 Å². The van der Waals surface area contributed by atoms with Gasteiger partial charge < -0.3 is 0 Å². The SMILES string of the molecule is CCn1nnc(C(C)(C)C)c1CC(C)(C)C. The Balaban J connectivity index is 3.17. The van der Waals surface area contributed by atoms with Crippen molar-refractivity contribution < 1.29 is 0 Å². The van der Waals surface area contributed by atoms with Crippen LogP contribution in [0.3, 0.4) is 0 Å². The van der Waals surface area contributed by atoms with E-state index in [0.717, 1.165) is 18.7 Å². The highest BCUT2D eigenvalue weighted by molar-refractivity contribution is 5.20. The maximum atomic E-state index is 4.36. The first-order valence-corrected chi connectivity index (χ1v) is 6.08. The van der Waals surface area contributed by atoms with Gasteiger partial charge in [0.15, 0.2) is 0 Å². The minimum absolute atomic E-state index is 0.0774. The first kappa shape index (κ1) is 13.2. The predicted molar refractivity (Wildman–Crippen MR) is 67.6 cm³/mol. The van der Waals surface area contributed by atoms with Crippen molar-refractivity contribution in [3.63, 3.8) is 0 Å². The Hall–Kier alpha value is -0.860. The molecule has 0 aliphatic carbocycles. The lowest BCUT2D eigenvalue weighted by atomic mass is 9.84. The van der Waals surface area contributed by atoms with E-state index in [1.54, 1.807) is 0 Å². The second-order valence-corrected chi connectivity index (χ2v) is 6.69. The van der Waals surface area contributed by atoms with Gasteiger partial charge >= 0.3 is 0 Å². The molecule has 3 heteroatoms. The molecule has 0 atom stereocenters. The lowest BCUT2D eigenvalue weighted by Crippen LogP contribution is -2.20. The zero-order valence-corrected chi connectivity index (χ0v) is 11.8. The van der Waals surface area contributed by atoms with E-state index in [-0.39, 0.29) is 10.8 Å². The summed E-state index contributed by atoms with van der Waals surface area (Å²) in [6, 6.07) is 0. The van der Waals surface area contributed by atoms with Crippen LogP contribution in [0, 0.1) is 5.41 Å². The number of aromatic nitrogens is 3. The fourth-order valence-electron chi connectivity index (χ4n) is 1.85. The standard InChI is InChI=1S/C13H25N3/c1-8-16-10(9-12(2,3)4)11(14-15-16)13(5,6)7/h8-9H2,1-7H3. The summed E-state index contributed by atoms with van der Waals surface area (Å²) in [5, 5.41) is 8.61. The van der Waals surface area contributed by atoms with Crippen molar-refractivity contribution >= 4 is 0 Å². The minimum atomic E-state index is 0.0774. The summed E-state index contributed by atoms with van der Waals surface area (Å²) in [5.41, 5.74) is 2.79. The van der Waals surface area contributed by atoms with Gasteiger partial charge in [-0.15, -0.1) is 5.10 Å². The van der Waals surface area contributed by atoms with Crippen molar-refractivity contribution in [2.75, 3.05) is 0 Å². The average Bonchev–Trinajstić information content (AvgIpc) is 2.43. The van der Waals surface area contributed by atoms with Gasteiger partial charge in [-0.25, -0.2) is 4.68 Å². The van der Waals surface area contributed by atoms with E-state index in [1.165, 1.54) is 5.69 Å². The van der Waals surface area contributed by atoms with E-state index >= 15 is 0 Å². The first-order chi connectivity index (χ1) is 7.15. The molecule has 1 heterocycles. The monoisotopic (exact) mass is 223 g/mol. The molecular weight excluding hydrogens is 198 g/mol. The van der Waals surface area contributed by atoms with Crippen molar-refractivity contribution in [1.82, 2.24) is 15.0 Å². The van der Waals surface area contributed by atoms with Gasteiger partial charge in [0.1, 0.15) is 0 Å². The summed E-state index contributed by atoms with van der Waals surface area (Å²) < 4.78 is 2.03. The van der Waals surface area contributed by atoms with Gasteiger partial charge in [0.05, 0.1) is 11.4 Å². The molecule has 0 radical (unpaired) electrons. The third kappa shape index (κ3) is 3.06.